The molecule has 0 unspecified atom stereocenters. The van der Waals surface area contributed by atoms with Gasteiger partial charge in [0.05, 0.1) is 0 Å². The summed E-state index contributed by atoms with van der Waals surface area (Å²) in [7, 11) is 1.80. The highest BCUT2D eigenvalue weighted by molar-refractivity contribution is 5.83. The average molecular weight is 246 g/mol. The van der Waals surface area contributed by atoms with Crippen molar-refractivity contribution in [1.82, 2.24) is 14.5 Å². The Balaban J connectivity index is 2.36. The predicted molar refractivity (Wildman–Crippen MR) is 70.9 cm³/mol. The van der Waals surface area contributed by atoms with Crippen LogP contribution in [0.4, 0.5) is 0 Å². The molecule has 0 aliphatic heterocycles. The van der Waals surface area contributed by atoms with E-state index in [-0.39, 0.29) is 5.91 Å². The summed E-state index contributed by atoms with van der Waals surface area (Å²) in [5, 5.41) is 1.02. The van der Waals surface area contributed by atoms with Crippen molar-refractivity contribution in [2.24, 2.45) is 5.73 Å². The van der Waals surface area contributed by atoms with Crippen LogP contribution in [0.15, 0.2) is 24.5 Å². The molecule has 96 valence electrons. The second-order valence-corrected chi connectivity index (χ2v) is 4.27. The number of carbonyl (C=O) groups excluding carboxylic acids is 1. The number of amides is 1. The molecule has 0 aliphatic carbocycles. The first-order valence-electron chi connectivity index (χ1n) is 6.04. The molecular formula is C13H18N4O. The minimum atomic E-state index is 0.0728. The minimum absolute atomic E-state index is 0.0728. The first kappa shape index (κ1) is 12.6. The Bertz CT molecular complexity index is 561. The summed E-state index contributed by atoms with van der Waals surface area (Å²) in [4.78, 5) is 17.9. The lowest BCUT2D eigenvalue weighted by Crippen LogP contribution is -2.29. The number of hydrogen-bond acceptors (Lipinski definition) is 3. The normalized spacial score (nSPS) is 10.8. The molecule has 0 saturated carbocycles. The summed E-state index contributed by atoms with van der Waals surface area (Å²) in [6, 6.07) is 3.86. The fourth-order valence-electron chi connectivity index (χ4n) is 1.92. The average Bonchev–Trinajstić information content (AvgIpc) is 2.76. The van der Waals surface area contributed by atoms with Crippen LogP contribution in [0.5, 0.6) is 0 Å². The van der Waals surface area contributed by atoms with E-state index in [2.05, 4.69) is 4.98 Å². The lowest BCUT2D eigenvalue weighted by atomic mass is 10.2. The number of nitrogens with two attached hydrogens (primary N) is 1. The van der Waals surface area contributed by atoms with Crippen molar-refractivity contribution < 1.29 is 4.79 Å². The predicted octanol–water partition coefficient (Wildman–Crippen LogP) is 0.973. The third-order valence-electron chi connectivity index (χ3n) is 3.14. The van der Waals surface area contributed by atoms with E-state index in [1.807, 2.05) is 29.8 Å². The monoisotopic (exact) mass is 246 g/mol. The van der Waals surface area contributed by atoms with Crippen molar-refractivity contribution in [2.75, 3.05) is 13.6 Å². The molecule has 2 rings (SSSR count). The zero-order valence-electron chi connectivity index (χ0n) is 10.8. The van der Waals surface area contributed by atoms with E-state index >= 15 is 0 Å². The second kappa shape index (κ2) is 5.18. The molecule has 2 heterocycles. The summed E-state index contributed by atoms with van der Waals surface area (Å²) in [6.07, 6.45) is 3.65. The number of carbonyl (C=O) groups is 1. The van der Waals surface area contributed by atoms with E-state index in [4.69, 9.17) is 5.73 Å². The highest BCUT2D eigenvalue weighted by atomic mass is 16.2. The van der Waals surface area contributed by atoms with E-state index in [0.717, 1.165) is 16.6 Å². The largest absolute Gasteiger partial charge is 0.344 e. The van der Waals surface area contributed by atoms with Gasteiger partial charge >= 0.3 is 0 Å². The molecule has 0 radical (unpaired) electrons. The third-order valence-corrected chi connectivity index (χ3v) is 3.14. The van der Waals surface area contributed by atoms with Crippen molar-refractivity contribution in [1.29, 1.82) is 0 Å². The molecule has 0 aliphatic rings. The van der Waals surface area contributed by atoms with Crippen LogP contribution >= 0.6 is 0 Å². The Morgan fingerprint density at radius 1 is 1.56 bits per heavy atom. The van der Waals surface area contributed by atoms with Crippen LogP contribution in [0, 0.1) is 0 Å². The number of pyridine rings is 1. The van der Waals surface area contributed by atoms with Crippen LogP contribution in [-0.2, 0) is 17.9 Å². The maximum Gasteiger partial charge on any atom is 0.242 e. The van der Waals surface area contributed by atoms with E-state index in [9.17, 15) is 4.79 Å². The Kier molecular flexibility index (Phi) is 3.62. The summed E-state index contributed by atoms with van der Waals surface area (Å²) in [5.74, 6) is 0.0728. The van der Waals surface area contributed by atoms with Gasteiger partial charge in [0.1, 0.15) is 12.2 Å². The summed E-state index contributed by atoms with van der Waals surface area (Å²) in [5.41, 5.74) is 7.54. The first-order chi connectivity index (χ1) is 8.67. The Hall–Kier alpha value is -1.88. The van der Waals surface area contributed by atoms with Gasteiger partial charge in [-0.1, -0.05) is 0 Å². The number of fused-ring (bicyclic) bond motifs is 1. The van der Waals surface area contributed by atoms with Crippen molar-refractivity contribution in [2.45, 2.75) is 20.0 Å². The minimum Gasteiger partial charge on any atom is -0.344 e. The molecule has 5 heteroatoms. The quantitative estimate of drug-likeness (QED) is 0.874. The van der Waals surface area contributed by atoms with Crippen LogP contribution in [-0.4, -0.2) is 34.0 Å². The molecule has 0 bridgehead atoms. The van der Waals surface area contributed by atoms with Crippen LogP contribution in [0.3, 0.4) is 0 Å². The van der Waals surface area contributed by atoms with Crippen LogP contribution in [0.2, 0.25) is 0 Å². The van der Waals surface area contributed by atoms with E-state index in [1.165, 1.54) is 0 Å². The smallest absolute Gasteiger partial charge is 0.242 e. The van der Waals surface area contributed by atoms with Gasteiger partial charge in [-0.3, -0.25) is 4.79 Å². The van der Waals surface area contributed by atoms with Crippen LogP contribution < -0.4 is 5.73 Å². The first-order valence-corrected chi connectivity index (χ1v) is 6.04. The molecule has 0 fully saturated rings. The van der Waals surface area contributed by atoms with Gasteiger partial charge in [-0.25, -0.2) is 4.98 Å². The molecule has 0 atom stereocenters. The SMILES string of the molecule is CCN(C)C(=O)Cn1cc(CN)c2cccnc21. The maximum absolute atomic E-state index is 11.9. The van der Waals surface area contributed by atoms with E-state index in [0.29, 0.717) is 19.6 Å². The van der Waals surface area contributed by atoms with Gasteiger partial charge in [0.25, 0.3) is 0 Å². The summed E-state index contributed by atoms with van der Waals surface area (Å²) < 4.78 is 1.87. The van der Waals surface area contributed by atoms with Gasteiger partial charge in [-0.2, -0.15) is 0 Å². The Labute approximate surface area is 106 Å². The zero-order chi connectivity index (χ0) is 13.1. The second-order valence-electron chi connectivity index (χ2n) is 4.27. The molecule has 2 N–H and O–H groups in total. The zero-order valence-corrected chi connectivity index (χ0v) is 10.8. The molecule has 5 nitrogen and oxygen atoms in total. The van der Waals surface area contributed by atoms with Crippen molar-refractivity contribution >= 4 is 16.9 Å². The molecule has 2 aromatic heterocycles. The maximum atomic E-state index is 11.9. The number of likely N-dealkylation sites (N-methyl/N-ethyl adjacent to an activating group) is 1. The number of aromatic nitrogens is 2. The summed E-state index contributed by atoms with van der Waals surface area (Å²) in [6.45, 7) is 3.41. The molecule has 0 saturated heterocycles. The van der Waals surface area contributed by atoms with Gasteiger partial charge in [-0.05, 0) is 24.6 Å². The fourth-order valence-corrected chi connectivity index (χ4v) is 1.92. The van der Waals surface area contributed by atoms with Crippen molar-refractivity contribution in [3.05, 3.63) is 30.1 Å². The van der Waals surface area contributed by atoms with Gasteiger partial charge in [-0.15, -0.1) is 0 Å². The molecule has 0 spiro atoms. The topological polar surface area (TPSA) is 64.2 Å². The van der Waals surface area contributed by atoms with Crippen molar-refractivity contribution in [3.8, 4) is 0 Å². The number of nitrogens with zero attached hydrogens (tertiary/aromatic N) is 3. The molecule has 1 amide bonds. The van der Waals surface area contributed by atoms with Gasteiger partial charge < -0.3 is 15.2 Å². The highest BCUT2D eigenvalue weighted by Crippen LogP contribution is 2.18. The lowest BCUT2D eigenvalue weighted by molar-refractivity contribution is -0.130. The van der Waals surface area contributed by atoms with Crippen molar-refractivity contribution in [3.63, 3.8) is 0 Å². The van der Waals surface area contributed by atoms with Gasteiger partial charge in [0.2, 0.25) is 5.91 Å². The molecule has 18 heavy (non-hydrogen) atoms. The Morgan fingerprint density at radius 2 is 2.33 bits per heavy atom. The number of rotatable bonds is 4. The number of hydrogen-bond donors (Lipinski definition) is 1. The Morgan fingerprint density at radius 3 is 3.00 bits per heavy atom. The van der Waals surface area contributed by atoms with E-state index in [1.54, 1.807) is 18.1 Å². The van der Waals surface area contributed by atoms with Gasteiger partial charge in [0, 0.05) is 37.9 Å². The fraction of sp³-hybridized carbons (Fsp3) is 0.385. The third kappa shape index (κ3) is 2.22. The molecule has 2 aromatic rings. The van der Waals surface area contributed by atoms with Crippen LogP contribution in [0.1, 0.15) is 12.5 Å². The highest BCUT2D eigenvalue weighted by Gasteiger charge is 2.12. The van der Waals surface area contributed by atoms with E-state index < -0.39 is 0 Å². The lowest BCUT2D eigenvalue weighted by Gasteiger charge is -2.14. The summed E-state index contributed by atoms with van der Waals surface area (Å²) >= 11 is 0. The molecular weight excluding hydrogens is 228 g/mol. The van der Waals surface area contributed by atoms with Gasteiger partial charge in [0.15, 0.2) is 0 Å². The standard InChI is InChI=1S/C13H18N4O/c1-3-16(2)12(18)9-17-8-10(7-14)11-5-4-6-15-13(11)17/h4-6,8H,3,7,9,14H2,1-2H3. The van der Waals surface area contributed by atoms with Crippen LogP contribution in [0.25, 0.3) is 11.0 Å². The molecule has 0 aromatic carbocycles.